The lowest BCUT2D eigenvalue weighted by atomic mass is 10.1. The number of ether oxygens (including phenoxy) is 2. The van der Waals surface area contributed by atoms with Gasteiger partial charge in [0, 0.05) is 17.8 Å². The Hall–Kier alpha value is -4.31. The van der Waals surface area contributed by atoms with Gasteiger partial charge >= 0.3 is 5.97 Å². The van der Waals surface area contributed by atoms with Crippen molar-refractivity contribution < 1.29 is 28.2 Å². The van der Waals surface area contributed by atoms with Crippen LogP contribution in [0.3, 0.4) is 0 Å². The predicted octanol–water partition coefficient (Wildman–Crippen LogP) is 4.54. The Balaban J connectivity index is 1.59. The summed E-state index contributed by atoms with van der Waals surface area (Å²) >= 11 is 5.65. The molecule has 1 aliphatic heterocycles. The van der Waals surface area contributed by atoms with Crippen LogP contribution in [0.15, 0.2) is 72.8 Å². The van der Waals surface area contributed by atoms with Crippen molar-refractivity contribution in [3.63, 3.8) is 0 Å². The molecule has 1 heterocycles. The van der Waals surface area contributed by atoms with E-state index in [1.54, 1.807) is 73.5 Å². The number of amides is 2. The van der Waals surface area contributed by atoms with Crippen LogP contribution in [-0.2, 0) is 20.9 Å². The zero-order chi connectivity index (χ0) is 27.2. The highest BCUT2D eigenvalue weighted by molar-refractivity contribution is 7.80. The van der Waals surface area contributed by atoms with Gasteiger partial charge < -0.3 is 19.7 Å². The van der Waals surface area contributed by atoms with Gasteiger partial charge in [0.1, 0.15) is 17.6 Å². The van der Waals surface area contributed by atoms with Gasteiger partial charge in [0.2, 0.25) is 5.91 Å². The highest BCUT2D eigenvalue weighted by Gasteiger charge is 2.44. The standard InChI is InChI=1S/C28H26FN3O5S/c1-3-37-27(35)18-8-12-21(13-9-18)32-26(34)24(16-25(33)30-20-10-14-22(36-2)15-11-20)31(28(32)38)17-19-6-4-5-7-23(19)29/h4-15,24H,3,16-17H2,1-2H3,(H,30,33)/t24-/m1/s1. The number of thiocarbonyl (C=S) groups is 1. The summed E-state index contributed by atoms with van der Waals surface area (Å²) in [6.45, 7) is 1.94. The lowest BCUT2D eigenvalue weighted by Gasteiger charge is -2.24. The number of nitrogens with one attached hydrogen (secondary N) is 1. The Bertz CT molecular complexity index is 1350. The Labute approximate surface area is 224 Å². The SMILES string of the molecule is CCOC(=O)c1ccc(N2C(=O)[C@@H](CC(=O)Nc3ccc(OC)cc3)N(Cc3ccccc3F)C2=S)cc1. The first-order chi connectivity index (χ1) is 18.3. The molecule has 1 fully saturated rings. The zero-order valence-electron chi connectivity index (χ0n) is 20.8. The molecule has 4 rings (SSSR count). The van der Waals surface area contributed by atoms with E-state index in [9.17, 15) is 18.8 Å². The maximum Gasteiger partial charge on any atom is 0.338 e. The van der Waals surface area contributed by atoms with Crippen molar-refractivity contribution >= 4 is 46.5 Å². The second-order valence-corrected chi connectivity index (χ2v) is 8.80. The fourth-order valence-electron chi connectivity index (χ4n) is 4.08. The average molecular weight is 536 g/mol. The molecule has 2 amide bonds. The topological polar surface area (TPSA) is 88.2 Å². The number of nitrogens with zero attached hydrogens (tertiary/aromatic N) is 2. The number of esters is 1. The van der Waals surface area contributed by atoms with Crippen LogP contribution in [0.4, 0.5) is 15.8 Å². The highest BCUT2D eigenvalue weighted by atomic mass is 32.1. The highest BCUT2D eigenvalue weighted by Crippen LogP contribution is 2.30. The number of halogens is 1. The summed E-state index contributed by atoms with van der Waals surface area (Å²) in [6, 6.07) is 18.2. The van der Waals surface area contributed by atoms with E-state index < -0.39 is 29.6 Å². The number of carbonyl (C=O) groups is 3. The molecular weight excluding hydrogens is 509 g/mol. The van der Waals surface area contributed by atoms with Crippen LogP contribution in [0.25, 0.3) is 0 Å². The molecule has 0 aromatic heterocycles. The number of anilines is 2. The van der Waals surface area contributed by atoms with Crippen LogP contribution in [0.2, 0.25) is 0 Å². The largest absolute Gasteiger partial charge is 0.497 e. The molecule has 3 aromatic carbocycles. The summed E-state index contributed by atoms with van der Waals surface area (Å²) < 4.78 is 24.7. The van der Waals surface area contributed by atoms with Crippen molar-refractivity contribution in [3.05, 3.63) is 89.7 Å². The quantitative estimate of drug-likeness (QED) is 0.318. The fourth-order valence-corrected chi connectivity index (χ4v) is 4.47. The van der Waals surface area contributed by atoms with Crippen LogP contribution >= 0.6 is 12.2 Å². The van der Waals surface area contributed by atoms with E-state index in [0.29, 0.717) is 28.3 Å². The molecule has 3 aromatic rings. The summed E-state index contributed by atoms with van der Waals surface area (Å²) in [5.74, 6) is -1.13. The van der Waals surface area contributed by atoms with Gasteiger partial charge in [0.05, 0.1) is 31.4 Å². The van der Waals surface area contributed by atoms with E-state index in [1.165, 1.54) is 23.1 Å². The predicted molar refractivity (Wildman–Crippen MR) is 144 cm³/mol. The number of methoxy groups -OCH3 is 1. The fraction of sp³-hybridized carbons (Fsp3) is 0.214. The molecule has 1 N–H and O–H groups in total. The van der Waals surface area contributed by atoms with Gasteiger partial charge in [-0.25, -0.2) is 9.18 Å². The molecule has 8 nitrogen and oxygen atoms in total. The van der Waals surface area contributed by atoms with Gasteiger partial charge in [-0.2, -0.15) is 0 Å². The van der Waals surface area contributed by atoms with E-state index in [1.807, 2.05) is 0 Å². The van der Waals surface area contributed by atoms with Crippen LogP contribution in [0, 0.1) is 5.82 Å². The zero-order valence-corrected chi connectivity index (χ0v) is 21.7. The van der Waals surface area contributed by atoms with Gasteiger partial charge in [-0.15, -0.1) is 0 Å². The van der Waals surface area contributed by atoms with Crippen molar-refractivity contribution in [1.82, 2.24) is 4.90 Å². The Morgan fingerprint density at radius 2 is 1.71 bits per heavy atom. The number of rotatable bonds is 9. The van der Waals surface area contributed by atoms with Crippen molar-refractivity contribution in [1.29, 1.82) is 0 Å². The molecule has 1 aliphatic rings. The molecule has 0 radical (unpaired) electrons. The first-order valence-corrected chi connectivity index (χ1v) is 12.3. The average Bonchev–Trinajstić information content (AvgIpc) is 3.14. The summed E-state index contributed by atoms with van der Waals surface area (Å²) in [5, 5.41) is 2.91. The summed E-state index contributed by atoms with van der Waals surface area (Å²) in [5.41, 5.74) is 1.62. The molecule has 38 heavy (non-hydrogen) atoms. The van der Waals surface area contributed by atoms with Gasteiger partial charge in [-0.05, 0) is 73.7 Å². The van der Waals surface area contributed by atoms with E-state index in [0.717, 1.165) is 0 Å². The van der Waals surface area contributed by atoms with Crippen molar-refractivity contribution in [2.45, 2.75) is 25.9 Å². The van der Waals surface area contributed by atoms with Crippen molar-refractivity contribution in [2.75, 3.05) is 23.9 Å². The molecule has 0 bridgehead atoms. The van der Waals surface area contributed by atoms with E-state index in [2.05, 4.69) is 5.32 Å². The number of hydrogen-bond donors (Lipinski definition) is 1. The second-order valence-electron chi connectivity index (χ2n) is 8.44. The summed E-state index contributed by atoms with van der Waals surface area (Å²) in [6.07, 6.45) is -0.211. The van der Waals surface area contributed by atoms with Crippen molar-refractivity contribution in [2.24, 2.45) is 0 Å². The Kier molecular flexibility index (Phi) is 8.32. The van der Waals surface area contributed by atoms with Crippen LogP contribution in [0.1, 0.15) is 29.3 Å². The summed E-state index contributed by atoms with van der Waals surface area (Å²) in [7, 11) is 1.54. The number of hydrogen-bond acceptors (Lipinski definition) is 6. The number of carbonyl (C=O) groups excluding carboxylic acids is 3. The first-order valence-electron chi connectivity index (χ1n) is 11.9. The van der Waals surface area contributed by atoms with Gasteiger partial charge in [-0.1, -0.05) is 18.2 Å². The second kappa shape index (κ2) is 11.8. The normalized spacial score (nSPS) is 15.0. The molecule has 0 unspecified atom stereocenters. The minimum Gasteiger partial charge on any atom is -0.497 e. The van der Waals surface area contributed by atoms with Gasteiger partial charge in [0.25, 0.3) is 5.91 Å². The minimum atomic E-state index is -0.968. The Morgan fingerprint density at radius 3 is 2.34 bits per heavy atom. The molecule has 1 saturated heterocycles. The lowest BCUT2D eigenvalue weighted by Crippen LogP contribution is -2.37. The lowest BCUT2D eigenvalue weighted by molar-refractivity contribution is -0.124. The molecule has 0 aliphatic carbocycles. The molecule has 0 saturated carbocycles. The van der Waals surface area contributed by atoms with Crippen LogP contribution in [-0.4, -0.2) is 47.6 Å². The maximum absolute atomic E-state index is 14.5. The van der Waals surface area contributed by atoms with E-state index >= 15 is 0 Å². The first kappa shape index (κ1) is 26.7. The third-order valence-corrected chi connectivity index (χ3v) is 6.42. The minimum absolute atomic E-state index is 0.00482. The van der Waals surface area contributed by atoms with E-state index in [4.69, 9.17) is 21.7 Å². The van der Waals surface area contributed by atoms with E-state index in [-0.39, 0.29) is 24.7 Å². The molecule has 10 heteroatoms. The smallest absolute Gasteiger partial charge is 0.338 e. The van der Waals surface area contributed by atoms with Crippen LogP contribution in [0.5, 0.6) is 5.75 Å². The molecule has 0 spiro atoms. The third kappa shape index (κ3) is 5.81. The monoisotopic (exact) mass is 535 g/mol. The van der Waals surface area contributed by atoms with Crippen LogP contribution < -0.4 is 15.0 Å². The number of benzene rings is 3. The van der Waals surface area contributed by atoms with Gasteiger partial charge in [-0.3, -0.25) is 14.5 Å². The molecular formula is C28H26FN3O5S. The summed E-state index contributed by atoms with van der Waals surface area (Å²) in [4.78, 5) is 41.4. The maximum atomic E-state index is 14.5. The third-order valence-electron chi connectivity index (χ3n) is 6.01. The van der Waals surface area contributed by atoms with Gasteiger partial charge in [0.15, 0.2) is 5.11 Å². The molecule has 1 atom stereocenters. The molecule has 196 valence electrons. The Morgan fingerprint density at radius 1 is 1.03 bits per heavy atom. The van der Waals surface area contributed by atoms with Crippen molar-refractivity contribution in [3.8, 4) is 5.75 Å².